The number of rotatable bonds is 5. The van der Waals surface area contributed by atoms with Crippen LogP contribution in [0.2, 0.25) is 0 Å². The van der Waals surface area contributed by atoms with Crippen molar-refractivity contribution in [2.24, 2.45) is 5.92 Å². The number of hydrogen-bond donors (Lipinski definition) is 2. The summed E-state index contributed by atoms with van der Waals surface area (Å²) in [7, 11) is 0. The van der Waals surface area contributed by atoms with Crippen molar-refractivity contribution in [1.29, 1.82) is 0 Å². The predicted octanol–water partition coefficient (Wildman–Crippen LogP) is 3.52. The van der Waals surface area contributed by atoms with Crippen molar-refractivity contribution < 1.29 is 4.79 Å². The van der Waals surface area contributed by atoms with E-state index < -0.39 is 0 Å². The van der Waals surface area contributed by atoms with Crippen LogP contribution in [0.25, 0.3) is 6.08 Å². The Bertz CT molecular complexity index is 558. The lowest BCUT2D eigenvalue weighted by molar-refractivity contribution is -0.119. The Labute approximate surface area is 139 Å². The molecule has 0 heterocycles. The Kier molecular flexibility index (Phi) is 5.16. The van der Waals surface area contributed by atoms with Gasteiger partial charge in [0.2, 0.25) is 5.91 Å². The maximum atomic E-state index is 11.1. The Balaban J connectivity index is 1.43. The van der Waals surface area contributed by atoms with Crippen LogP contribution in [0, 0.1) is 5.92 Å². The van der Waals surface area contributed by atoms with Gasteiger partial charge in [0.15, 0.2) is 0 Å². The molecule has 124 valence electrons. The van der Waals surface area contributed by atoms with E-state index in [4.69, 9.17) is 0 Å². The smallest absolute Gasteiger partial charge is 0.217 e. The monoisotopic (exact) mass is 312 g/mol. The first kappa shape index (κ1) is 16.3. The van der Waals surface area contributed by atoms with E-state index in [1.807, 2.05) is 0 Å². The zero-order valence-electron chi connectivity index (χ0n) is 14.2. The van der Waals surface area contributed by atoms with Crippen LogP contribution in [-0.4, -0.2) is 24.0 Å². The third-order valence-electron chi connectivity index (χ3n) is 5.15. The number of carbonyl (C=O) groups is 1. The van der Waals surface area contributed by atoms with Gasteiger partial charge in [0.25, 0.3) is 0 Å². The molecular formula is C20H28N2O. The van der Waals surface area contributed by atoms with Gasteiger partial charge in [-0.1, -0.05) is 42.0 Å². The first-order valence-corrected chi connectivity index (χ1v) is 8.88. The topological polar surface area (TPSA) is 41.1 Å². The van der Waals surface area contributed by atoms with Crippen molar-refractivity contribution in [3.63, 3.8) is 0 Å². The summed E-state index contributed by atoms with van der Waals surface area (Å²) in [5, 5.41) is 6.88. The molecule has 23 heavy (non-hydrogen) atoms. The zero-order valence-corrected chi connectivity index (χ0v) is 14.2. The minimum atomic E-state index is 0.102. The summed E-state index contributed by atoms with van der Waals surface area (Å²) in [5.41, 5.74) is 2.78. The van der Waals surface area contributed by atoms with Gasteiger partial charge in [-0.2, -0.15) is 0 Å². The Hall–Kier alpha value is -1.61. The second-order valence-corrected chi connectivity index (χ2v) is 7.16. The summed E-state index contributed by atoms with van der Waals surface area (Å²) < 4.78 is 0. The lowest BCUT2D eigenvalue weighted by Crippen LogP contribution is -2.42. The Morgan fingerprint density at radius 1 is 1.04 bits per heavy atom. The summed E-state index contributed by atoms with van der Waals surface area (Å²) in [6.45, 7) is 3.87. The molecule has 1 aromatic rings. The first-order chi connectivity index (χ1) is 11.1. The SMILES string of the molecule is CC(=O)NC1CCC(NC2CC2/C(C)=C/c2ccccc2)CC1. The third-order valence-corrected chi connectivity index (χ3v) is 5.15. The van der Waals surface area contributed by atoms with E-state index in [1.165, 1.54) is 30.4 Å². The fraction of sp³-hybridized carbons (Fsp3) is 0.550. The molecule has 3 nitrogen and oxygen atoms in total. The Morgan fingerprint density at radius 3 is 2.35 bits per heavy atom. The van der Waals surface area contributed by atoms with Crippen molar-refractivity contribution in [2.45, 2.75) is 64.1 Å². The van der Waals surface area contributed by atoms with Gasteiger partial charge in [0.05, 0.1) is 0 Å². The van der Waals surface area contributed by atoms with E-state index in [0.717, 1.165) is 12.8 Å². The molecule has 1 aromatic carbocycles. The van der Waals surface area contributed by atoms with Gasteiger partial charge in [-0.3, -0.25) is 4.79 Å². The molecular weight excluding hydrogens is 284 g/mol. The van der Waals surface area contributed by atoms with Crippen molar-refractivity contribution in [3.05, 3.63) is 41.5 Å². The van der Waals surface area contributed by atoms with Gasteiger partial charge in [0.1, 0.15) is 0 Å². The normalized spacial score (nSPS) is 30.8. The van der Waals surface area contributed by atoms with Crippen LogP contribution in [0.5, 0.6) is 0 Å². The molecule has 1 amide bonds. The van der Waals surface area contributed by atoms with Crippen molar-refractivity contribution >= 4 is 12.0 Å². The highest BCUT2D eigenvalue weighted by molar-refractivity contribution is 5.73. The summed E-state index contributed by atoms with van der Waals surface area (Å²) >= 11 is 0. The van der Waals surface area contributed by atoms with E-state index >= 15 is 0 Å². The van der Waals surface area contributed by atoms with Gasteiger partial charge < -0.3 is 10.6 Å². The first-order valence-electron chi connectivity index (χ1n) is 8.88. The number of benzene rings is 1. The average Bonchev–Trinajstić information content (AvgIpc) is 3.29. The summed E-state index contributed by atoms with van der Waals surface area (Å²) in [6, 6.07) is 12.2. The van der Waals surface area contributed by atoms with Crippen molar-refractivity contribution in [3.8, 4) is 0 Å². The van der Waals surface area contributed by atoms with Gasteiger partial charge >= 0.3 is 0 Å². The molecule has 0 radical (unpaired) electrons. The molecule has 2 saturated carbocycles. The number of nitrogens with one attached hydrogen (secondary N) is 2. The van der Waals surface area contributed by atoms with E-state index in [9.17, 15) is 4.79 Å². The van der Waals surface area contributed by atoms with Crippen molar-refractivity contribution in [1.82, 2.24) is 10.6 Å². The molecule has 0 aliphatic heterocycles. The lowest BCUT2D eigenvalue weighted by atomic mass is 9.91. The van der Waals surface area contributed by atoms with Gasteiger partial charge in [-0.05, 0) is 50.5 Å². The van der Waals surface area contributed by atoms with Gasteiger partial charge in [0, 0.05) is 25.0 Å². The highest BCUT2D eigenvalue weighted by Crippen LogP contribution is 2.39. The molecule has 3 rings (SSSR count). The van der Waals surface area contributed by atoms with E-state index in [1.54, 1.807) is 6.92 Å². The Morgan fingerprint density at radius 2 is 1.70 bits per heavy atom. The molecule has 2 fully saturated rings. The molecule has 0 saturated heterocycles. The summed E-state index contributed by atoms with van der Waals surface area (Å²) in [5.74, 6) is 0.800. The summed E-state index contributed by atoms with van der Waals surface area (Å²) in [6.07, 6.45) is 8.15. The molecule has 2 aliphatic rings. The highest BCUT2D eigenvalue weighted by Gasteiger charge is 2.39. The van der Waals surface area contributed by atoms with Crippen LogP contribution >= 0.6 is 0 Å². The molecule has 2 atom stereocenters. The molecule has 0 aromatic heterocycles. The lowest BCUT2D eigenvalue weighted by Gasteiger charge is -2.29. The van der Waals surface area contributed by atoms with E-state index in [-0.39, 0.29) is 5.91 Å². The minimum Gasteiger partial charge on any atom is -0.354 e. The van der Waals surface area contributed by atoms with Crippen LogP contribution in [-0.2, 0) is 4.79 Å². The molecule has 2 N–H and O–H groups in total. The number of hydrogen-bond acceptors (Lipinski definition) is 2. The predicted molar refractivity (Wildman–Crippen MR) is 95.0 cm³/mol. The second kappa shape index (κ2) is 7.31. The zero-order chi connectivity index (χ0) is 16.2. The number of carbonyl (C=O) groups excluding carboxylic acids is 1. The minimum absolute atomic E-state index is 0.102. The van der Waals surface area contributed by atoms with Gasteiger partial charge in [-0.25, -0.2) is 0 Å². The van der Waals surface area contributed by atoms with E-state index in [0.29, 0.717) is 24.0 Å². The van der Waals surface area contributed by atoms with E-state index in [2.05, 4.69) is 54.0 Å². The molecule has 2 aliphatic carbocycles. The maximum Gasteiger partial charge on any atom is 0.217 e. The average molecular weight is 312 g/mol. The fourth-order valence-corrected chi connectivity index (χ4v) is 3.80. The molecule has 0 bridgehead atoms. The third kappa shape index (κ3) is 4.68. The fourth-order valence-electron chi connectivity index (χ4n) is 3.80. The van der Waals surface area contributed by atoms with Crippen LogP contribution in [0.3, 0.4) is 0 Å². The van der Waals surface area contributed by atoms with Crippen LogP contribution in [0.1, 0.15) is 51.5 Å². The maximum absolute atomic E-state index is 11.1. The summed E-state index contributed by atoms with van der Waals surface area (Å²) in [4.78, 5) is 11.1. The second-order valence-electron chi connectivity index (χ2n) is 7.16. The number of amides is 1. The standard InChI is InChI=1S/C20H28N2O/c1-14(12-16-6-4-3-5-7-16)19-13-20(19)22-18-10-8-17(9-11-18)21-15(2)23/h3-7,12,17-20,22H,8-11,13H2,1-2H3,(H,21,23)/b14-12+. The van der Waals surface area contributed by atoms with Gasteiger partial charge in [-0.15, -0.1) is 0 Å². The van der Waals surface area contributed by atoms with Crippen LogP contribution < -0.4 is 10.6 Å². The molecule has 3 heteroatoms. The van der Waals surface area contributed by atoms with Crippen LogP contribution in [0.4, 0.5) is 0 Å². The van der Waals surface area contributed by atoms with Crippen LogP contribution in [0.15, 0.2) is 35.9 Å². The van der Waals surface area contributed by atoms with Crippen molar-refractivity contribution in [2.75, 3.05) is 0 Å². The molecule has 0 spiro atoms. The quantitative estimate of drug-likeness (QED) is 0.873. The highest BCUT2D eigenvalue weighted by atomic mass is 16.1. The molecule has 2 unspecified atom stereocenters. The largest absolute Gasteiger partial charge is 0.354 e.